The Kier molecular flexibility index (Phi) is 3.74. The highest BCUT2D eigenvalue weighted by Crippen LogP contribution is 2.47. The Bertz CT molecular complexity index is 1010. The third kappa shape index (κ3) is 2.73. The maximum Gasteiger partial charge on any atom is 0.154 e. The molecule has 0 aliphatic carbocycles. The van der Waals surface area contributed by atoms with Crippen LogP contribution in [0.1, 0.15) is 26.3 Å². The summed E-state index contributed by atoms with van der Waals surface area (Å²) in [5.74, 6) is 1.79. The standard InChI is InChI=1S/C23H23BO2/c1-5-23(24,26-22(2,3)4)16-12-13-19-18(14-16)17-10-6-8-15-9-7-11-20(25-19)21(15)17/h5-14H,1,24H2,2-4H3. The largest absolute Gasteiger partial charge is 0.456 e. The second-order valence-corrected chi connectivity index (χ2v) is 8.00. The van der Waals surface area contributed by atoms with Gasteiger partial charge in [0.1, 0.15) is 11.5 Å². The van der Waals surface area contributed by atoms with E-state index in [0.29, 0.717) is 0 Å². The highest BCUT2D eigenvalue weighted by atomic mass is 16.5. The van der Waals surface area contributed by atoms with Gasteiger partial charge in [0, 0.05) is 10.9 Å². The first-order valence-corrected chi connectivity index (χ1v) is 8.99. The molecule has 0 radical (unpaired) electrons. The average molecular weight is 342 g/mol. The van der Waals surface area contributed by atoms with Gasteiger partial charge in [0.05, 0.1) is 11.1 Å². The predicted molar refractivity (Wildman–Crippen MR) is 111 cm³/mol. The molecule has 0 spiro atoms. The first-order chi connectivity index (χ1) is 12.3. The van der Waals surface area contributed by atoms with Crippen LogP contribution in [0.5, 0.6) is 11.5 Å². The molecule has 4 rings (SSSR count). The first kappa shape index (κ1) is 16.9. The van der Waals surface area contributed by atoms with E-state index in [4.69, 9.17) is 9.47 Å². The zero-order valence-electron chi connectivity index (χ0n) is 15.8. The van der Waals surface area contributed by atoms with Gasteiger partial charge < -0.3 is 9.47 Å². The van der Waals surface area contributed by atoms with Crippen molar-refractivity contribution in [3.63, 3.8) is 0 Å². The Morgan fingerprint density at radius 1 is 0.962 bits per heavy atom. The van der Waals surface area contributed by atoms with Crippen LogP contribution in [0.25, 0.3) is 21.9 Å². The van der Waals surface area contributed by atoms with Crippen LogP contribution in [0.3, 0.4) is 0 Å². The molecule has 0 N–H and O–H groups in total. The molecule has 0 fully saturated rings. The van der Waals surface area contributed by atoms with Gasteiger partial charge >= 0.3 is 0 Å². The molecule has 3 aromatic carbocycles. The van der Waals surface area contributed by atoms with Crippen molar-refractivity contribution in [1.29, 1.82) is 0 Å². The summed E-state index contributed by atoms with van der Waals surface area (Å²) in [6, 6.07) is 18.8. The molecule has 3 aromatic rings. The highest BCUT2D eigenvalue weighted by Gasteiger charge is 2.31. The second kappa shape index (κ2) is 5.75. The second-order valence-electron chi connectivity index (χ2n) is 8.00. The smallest absolute Gasteiger partial charge is 0.154 e. The predicted octanol–water partition coefficient (Wildman–Crippen LogP) is 5.40. The minimum Gasteiger partial charge on any atom is -0.456 e. The van der Waals surface area contributed by atoms with E-state index in [2.05, 4.69) is 71.6 Å². The van der Waals surface area contributed by atoms with Gasteiger partial charge in [-0.25, -0.2) is 0 Å². The van der Waals surface area contributed by atoms with Gasteiger partial charge in [0.25, 0.3) is 0 Å². The Labute approximate surface area is 155 Å². The van der Waals surface area contributed by atoms with E-state index >= 15 is 0 Å². The van der Waals surface area contributed by atoms with Crippen LogP contribution >= 0.6 is 0 Å². The van der Waals surface area contributed by atoms with Crippen molar-refractivity contribution in [2.75, 3.05) is 0 Å². The topological polar surface area (TPSA) is 18.5 Å². The highest BCUT2D eigenvalue weighted by molar-refractivity contribution is 6.16. The summed E-state index contributed by atoms with van der Waals surface area (Å²) in [5, 5.41) is 2.35. The molecular formula is C23H23BO2. The fraction of sp³-hybridized carbons (Fsp3) is 0.217. The van der Waals surface area contributed by atoms with Gasteiger partial charge in [-0.05, 0) is 55.5 Å². The number of hydrogen-bond donors (Lipinski definition) is 0. The first-order valence-electron chi connectivity index (χ1n) is 8.99. The molecule has 2 nitrogen and oxygen atoms in total. The van der Waals surface area contributed by atoms with Crippen LogP contribution in [0.15, 0.2) is 67.3 Å². The lowest BCUT2D eigenvalue weighted by Gasteiger charge is -2.36. The summed E-state index contributed by atoms with van der Waals surface area (Å²) in [5.41, 5.74) is 2.52. The van der Waals surface area contributed by atoms with Crippen LogP contribution in [-0.2, 0) is 10.2 Å². The monoisotopic (exact) mass is 342 g/mol. The molecule has 0 bridgehead atoms. The van der Waals surface area contributed by atoms with Crippen LogP contribution in [-0.4, -0.2) is 13.4 Å². The maximum absolute atomic E-state index is 6.34. The van der Waals surface area contributed by atoms with Crippen molar-refractivity contribution < 1.29 is 9.47 Å². The lowest BCUT2D eigenvalue weighted by atomic mass is 9.74. The summed E-state index contributed by atoms with van der Waals surface area (Å²) in [7, 11) is 2.06. The number of benzene rings is 3. The van der Waals surface area contributed by atoms with Crippen molar-refractivity contribution in [2.45, 2.75) is 31.9 Å². The Morgan fingerprint density at radius 2 is 1.69 bits per heavy atom. The normalized spacial score (nSPS) is 15.0. The van der Waals surface area contributed by atoms with Crippen molar-refractivity contribution in [3.8, 4) is 22.6 Å². The Hall–Kier alpha value is -2.52. The molecule has 1 aliphatic heterocycles. The molecule has 1 unspecified atom stereocenters. The third-order valence-corrected chi connectivity index (χ3v) is 4.84. The summed E-state index contributed by atoms with van der Waals surface area (Å²) in [6.07, 6.45) is 1.87. The zero-order chi connectivity index (χ0) is 18.5. The van der Waals surface area contributed by atoms with Gasteiger partial charge in [-0.3, -0.25) is 0 Å². The van der Waals surface area contributed by atoms with Crippen molar-refractivity contribution >= 4 is 18.6 Å². The van der Waals surface area contributed by atoms with Gasteiger partial charge in [-0.1, -0.05) is 42.5 Å². The SMILES string of the molecule is BC(C=C)(OC(C)(C)C)c1ccc2c(c1)-c1cccc3cccc(c13)O2. The molecule has 3 heteroatoms. The van der Waals surface area contributed by atoms with Crippen LogP contribution in [0, 0.1) is 0 Å². The van der Waals surface area contributed by atoms with E-state index in [1.165, 1.54) is 10.9 Å². The van der Waals surface area contributed by atoms with E-state index in [-0.39, 0.29) is 5.60 Å². The zero-order valence-corrected chi connectivity index (χ0v) is 15.8. The van der Waals surface area contributed by atoms with Gasteiger partial charge in [0.2, 0.25) is 0 Å². The van der Waals surface area contributed by atoms with Gasteiger partial charge in [0.15, 0.2) is 7.85 Å². The number of fused-ring (bicyclic) bond motifs is 2. The fourth-order valence-electron chi connectivity index (χ4n) is 3.73. The molecule has 130 valence electrons. The minimum absolute atomic E-state index is 0.276. The van der Waals surface area contributed by atoms with Crippen molar-refractivity contribution in [1.82, 2.24) is 0 Å². The fourth-order valence-corrected chi connectivity index (χ4v) is 3.73. The molecule has 1 aliphatic rings. The summed E-state index contributed by atoms with van der Waals surface area (Å²) in [6.45, 7) is 10.2. The van der Waals surface area contributed by atoms with E-state index < -0.39 is 5.50 Å². The van der Waals surface area contributed by atoms with Crippen LogP contribution in [0.2, 0.25) is 0 Å². The number of rotatable bonds is 3. The number of ether oxygens (including phenoxy) is 2. The molecule has 1 atom stereocenters. The molecule has 0 saturated heterocycles. The van der Waals surface area contributed by atoms with Crippen LogP contribution in [0.4, 0.5) is 0 Å². The Morgan fingerprint density at radius 3 is 2.38 bits per heavy atom. The molecular weight excluding hydrogens is 319 g/mol. The van der Waals surface area contributed by atoms with E-state index in [9.17, 15) is 0 Å². The molecule has 0 amide bonds. The minimum atomic E-state index is -0.571. The van der Waals surface area contributed by atoms with Crippen molar-refractivity contribution in [3.05, 3.63) is 72.8 Å². The number of hydrogen-bond acceptors (Lipinski definition) is 2. The molecule has 1 heterocycles. The lowest BCUT2D eigenvalue weighted by molar-refractivity contribution is -0.0645. The molecule has 0 aromatic heterocycles. The maximum atomic E-state index is 6.34. The lowest BCUT2D eigenvalue weighted by Crippen LogP contribution is -2.36. The van der Waals surface area contributed by atoms with Crippen LogP contribution < -0.4 is 4.74 Å². The molecule has 0 saturated carbocycles. The van der Waals surface area contributed by atoms with Gasteiger partial charge in [-0.2, -0.15) is 0 Å². The Balaban J connectivity index is 1.90. The summed E-state index contributed by atoms with van der Waals surface area (Å²) < 4.78 is 12.5. The van der Waals surface area contributed by atoms with Gasteiger partial charge in [-0.15, -0.1) is 6.58 Å². The third-order valence-electron chi connectivity index (χ3n) is 4.84. The quantitative estimate of drug-likeness (QED) is 0.367. The van der Waals surface area contributed by atoms with E-state index in [0.717, 1.165) is 28.0 Å². The summed E-state index contributed by atoms with van der Waals surface area (Å²) >= 11 is 0. The average Bonchev–Trinajstić information content (AvgIpc) is 2.60. The molecule has 26 heavy (non-hydrogen) atoms. The van der Waals surface area contributed by atoms with Crippen molar-refractivity contribution in [2.24, 2.45) is 0 Å². The van der Waals surface area contributed by atoms with E-state index in [1.807, 2.05) is 24.3 Å². The van der Waals surface area contributed by atoms with E-state index in [1.54, 1.807) is 0 Å². The summed E-state index contributed by atoms with van der Waals surface area (Å²) in [4.78, 5) is 0.